The van der Waals surface area contributed by atoms with Crippen molar-refractivity contribution in [3.63, 3.8) is 0 Å². The molecule has 0 unspecified atom stereocenters. The van der Waals surface area contributed by atoms with Crippen LogP contribution in [-0.4, -0.2) is 98.4 Å². The van der Waals surface area contributed by atoms with Crippen LogP contribution in [0.1, 0.15) is 134 Å². The van der Waals surface area contributed by atoms with Gasteiger partial charge in [-0.1, -0.05) is 35.2 Å². The van der Waals surface area contributed by atoms with Crippen molar-refractivity contribution in [1.82, 2.24) is 20.1 Å². The summed E-state index contributed by atoms with van der Waals surface area (Å²) in [6.07, 6.45) is 3.20. The van der Waals surface area contributed by atoms with Crippen molar-refractivity contribution in [2.75, 3.05) is 25.0 Å². The van der Waals surface area contributed by atoms with Crippen LogP contribution in [0.15, 0.2) is 23.3 Å². The van der Waals surface area contributed by atoms with Gasteiger partial charge in [0.1, 0.15) is 28.2 Å². The summed E-state index contributed by atoms with van der Waals surface area (Å²) in [7, 11) is 0. The van der Waals surface area contributed by atoms with Gasteiger partial charge in [0.2, 0.25) is 11.8 Å². The lowest BCUT2D eigenvalue weighted by Crippen LogP contribution is -2.53. The molecule has 0 aliphatic carbocycles. The van der Waals surface area contributed by atoms with E-state index in [2.05, 4.69) is 31.2 Å². The van der Waals surface area contributed by atoms with Gasteiger partial charge in [-0.15, -0.1) is 4.99 Å². The smallest absolute Gasteiger partial charge is 0.437 e. The van der Waals surface area contributed by atoms with E-state index in [1.54, 1.807) is 95.2 Å². The Balaban J connectivity index is 3.30. The maximum absolute atomic E-state index is 13.8. The third-order valence-electron chi connectivity index (χ3n) is 6.49. The number of rotatable bonds is 14. The van der Waals surface area contributed by atoms with Gasteiger partial charge in [-0.2, -0.15) is 0 Å². The molecule has 0 spiro atoms. The van der Waals surface area contributed by atoms with Crippen LogP contribution in [-0.2, 0) is 18.9 Å². The van der Waals surface area contributed by atoms with Crippen LogP contribution in [0.5, 0.6) is 5.88 Å². The Bertz CT molecular complexity index is 1410. The molecule has 0 aromatic carbocycles. The standard InChI is InChI=1S/C38H63BrN6O9/c1-35(2,3)51-31(46)42-29(40)27-20-21-28(41-26-27)50-25-19-18-24-45(34(49)54-38(10,11)12)30(43-32(47)52-36(4,5)6)44(33(48)53-37(7,8)9)23-17-15-13-14-16-22-39/h20-21,26H,13-19,22-25H2,1-12H3,(H2,40,42,46). The molecule has 0 fully saturated rings. The summed E-state index contributed by atoms with van der Waals surface area (Å²) in [4.78, 5) is 63.6. The van der Waals surface area contributed by atoms with E-state index in [1.165, 1.54) is 16.0 Å². The number of amidine groups is 1. The number of pyridine rings is 1. The molecule has 0 atom stereocenters. The predicted molar refractivity (Wildman–Crippen MR) is 212 cm³/mol. The lowest BCUT2D eigenvalue weighted by Gasteiger charge is -2.34. The number of nitrogens with zero attached hydrogens (tertiary/aromatic N) is 4. The Morgan fingerprint density at radius 3 is 1.65 bits per heavy atom. The van der Waals surface area contributed by atoms with Crippen LogP contribution in [0.4, 0.5) is 19.2 Å². The zero-order valence-electron chi connectivity index (χ0n) is 34.4. The van der Waals surface area contributed by atoms with Gasteiger partial charge < -0.3 is 23.7 Å². The van der Waals surface area contributed by atoms with Crippen molar-refractivity contribution in [1.29, 1.82) is 5.41 Å². The Labute approximate surface area is 329 Å². The number of halogens is 1. The van der Waals surface area contributed by atoms with E-state index in [1.807, 2.05) is 0 Å². The van der Waals surface area contributed by atoms with Gasteiger partial charge in [0.15, 0.2) is 0 Å². The van der Waals surface area contributed by atoms with E-state index in [0.29, 0.717) is 24.8 Å². The predicted octanol–water partition coefficient (Wildman–Crippen LogP) is 9.20. The highest BCUT2D eigenvalue weighted by molar-refractivity contribution is 9.09. The van der Waals surface area contributed by atoms with Gasteiger partial charge in [-0.05, 0) is 115 Å². The molecule has 2 N–H and O–H groups in total. The van der Waals surface area contributed by atoms with Crippen molar-refractivity contribution in [3.8, 4) is 5.88 Å². The maximum Gasteiger partial charge on any atom is 0.437 e. The number of alkyl carbamates (subject to hydrolysis) is 1. The van der Waals surface area contributed by atoms with Crippen molar-refractivity contribution < 1.29 is 42.9 Å². The van der Waals surface area contributed by atoms with Crippen molar-refractivity contribution in [3.05, 3.63) is 23.9 Å². The monoisotopic (exact) mass is 826 g/mol. The molecule has 54 heavy (non-hydrogen) atoms. The third kappa shape index (κ3) is 21.7. The van der Waals surface area contributed by atoms with E-state index < -0.39 is 46.8 Å². The van der Waals surface area contributed by atoms with Gasteiger partial charge in [0, 0.05) is 36.2 Å². The Kier molecular flexibility index (Phi) is 19.4. The van der Waals surface area contributed by atoms with Crippen molar-refractivity contribution in [2.45, 2.75) is 150 Å². The highest BCUT2D eigenvalue weighted by atomic mass is 79.9. The molecular formula is C38H63BrN6O9. The summed E-state index contributed by atoms with van der Waals surface area (Å²) in [5, 5.41) is 11.4. The number of nitrogens with one attached hydrogen (secondary N) is 2. The minimum Gasteiger partial charge on any atom is -0.478 e. The fraction of sp³-hybridized carbons (Fsp3) is 0.711. The lowest BCUT2D eigenvalue weighted by atomic mass is 10.1. The van der Waals surface area contributed by atoms with Gasteiger partial charge in [0.05, 0.1) is 6.61 Å². The number of hydrogen-bond donors (Lipinski definition) is 2. The first-order chi connectivity index (χ1) is 24.8. The average molecular weight is 828 g/mol. The molecule has 0 bridgehead atoms. The number of carbonyl (C=O) groups excluding carboxylic acids is 4. The maximum atomic E-state index is 13.8. The molecule has 0 saturated heterocycles. The number of aromatic nitrogens is 1. The third-order valence-corrected chi connectivity index (χ3v) is 7.05. The molecule has 16 heteroatoms. The highest BCUT2D eigenvalue weighted by Crippen LogP contribution is 2.19. The second-order valence-corrected chi connectivity index (χ2v) is 17.3. The fourth-order valence-electron chi connectivity index (χ4n) is 4.35. The molecular weight excluding hydrogens is 764 g/mol. The number of alkyl halides is 1. The zero-order valence-corrected chi connectivity index (χ0v) is 35.9. The molecule has 1 aromatic rings. The quantitative estimate of drug-likeness (QED) is 0.0603. The zero-order chi connectivity index (χ0) is 41.3. The first kappa shape index (κ1) is 48.1. The normalized spacial score (nSPS) is 12.4. The van der Waals surface area contributed by atoms with E-state index in [-0.39, 0.29) is 37.4 Å². The summed E-state index contributed by atoms with van der Waals surface area (Å²) in [6, 6.07) is 3.15. The van der Waals surface area contributed by atoms with E-state index >= 15 is 0 Å². The van der Waals surface area contributed by atoms with Crippen LogP contribution in [0.2, 0.25) is 0 Å². The molecule has 15 nitrogen and oxygen atoms in total. The van der Waals surface area contributed by atoms with Crippen molar-refractivity contribution in [2.24, 2.45) is 4.99 Å². The fourth-order valence-corrected chi connectivity index (χ4v) is 4.74. The summed E-state index contributed by atoms with van der Waals surface area (Å²) >= 11 is 3.45. The number of carbonyl (C=O) groups is 4. The van der Waals surface area contributed by atoms with Gasteiger partial charge in [-0.25, -0.2) is 34.0 Å². The Morgan fingerprint density at radius 1 is 0.704 bits per heavy atom. The minimum atomic E-state index is -0.982. The first-order valence-corrected chi connectivity index (χ1v) is 19.5. The van der Waals surface area contributed by atoms with E-state index in [4.69, 9.17) is 29.1 Å². The number of amides is 4. The first-order valence-electron chi connectivity index (χ1n) is 18.4. The summed E-state index contributed by atoms with van der Waals surface area (Å²) in [5.74, 6) is -0.148. The van der Waals surface area contributed by atoms with Crippen LogP contribution in [0, 0.1) is 5.41 Å². The Hall–Kier alpha value is -3.95. The summed E-state index contributed by atoms with van der Waals surface area (Å²) < 4.78 is 28.0. The van der Waals surface area contributed by atoms with Gasteiger partial charge in [-0.3, -0.25) is 10.7 Å². The minimum absolute atomic E-state index is 0.00428. The van der Waals surface area contributed by atoms with Gasteiger partial charge in [0.25, 0.3) is 0 Å². The topological polar surface area (TPSA) is 182 Å². The second-order valence-electron chi connectivity index (χ2n) is 16.6. The van der Waals surface area contributed by atoms with Crippen molar-refractivity contribution >= 4 is 52.1 Å². The van der Waals surface area contributed by atoms with Crippen LogP contribution in [0.25, 0.3) is 0 Å². The molecule has 0 aliphatic heterocycles. The van der Waals surface area contributed by atoms with Crippen LogP contribution >= 0.6 is 15.9 Å². The molecule has 4 amide bonds. The molecule has 306 valence electrons. The Morgan fingerprint density at radius 2 is 1.19 bits per heavy atom. The van der Waals surface area contributed by atoms with Crippen LogP contribution in [0.3, 0.4) is 0 Å². The second kappa shape index (κ2) is 21.8. The SMILES string of the molecule is CC(C)(C)OC(=O)N=C(N(CCCCCCCBr)C(=O)OC(C)(C)C)N(CCCCOc1ccc(C(=N)NC(=O)OC(C)(C)C)cn1)C(=O)OC(C)(C)C. The van der Waals surface area contributed by atoms with Gasteiger partial charge >= 0.3 is 24.4 Å². The molecule has 0 saturated carbocycles. The number of aliphatic imine (C=N–C) groups is 1. The number of unbranched alkanes of at least 4 members (excludes halogenated alkanes) is 5. The number of guanidine groups is 1. The largest absolute Gasteiger partial charge is 0.478 e. The van der Waals surface area contributed by atoms with Crippen LogP contribution < -0.4 is 10.1 Å². The molecule has 1 heterocycles. The molecule has 0 aliphatic rings. The average Bonchev–Trinajstić information content (AvgIpc) is 2.98. The highest BCUT2D eigenvalue weighted by Gasteiger charge is 2.35. The summed E-state index contributed by atoms with van der Waals surface area (Å²) in [5.41, 5.74) is -3.03. The molecule has 0 radical (unpaired) electrons. The number of hydrogen-bond acceptors (Lipinski definition) is 11. The number of ether oxygens (including phenoxy) is 5. The molecule has 1 aromatic heterocycles. The molecule has 1 rings (SSSR count). The lowest BCUT2D eigenvalue weighted by molar-refractivity contribution is 0.0270. The van der Waals surface area contributed by atoms with E-state index in [9.17, 15) is 19.2 Å². The van der Waals surface area contributed by atoms with E-state index in [0.717, 1.165) is 31.0 Å². The summed E-state index contributed by atoms with van der Waals surface area (Å²) in [6.45, 7) is 20.9.